The smallest absolute Gasteiger partial charge is 0.141 e. The summed E-state index contributed by atoms with van der Waals surface area (Å²) < 4.78 is 2.33. The number of nitrogens with one attached hydrogen (secondary N) is 1. The molecule has 1 aromatic heterocycles. The van der Waals surface area contributed by atoms with Crippen molar-refractivity contribution >= 4 is 16.7 Å². The lowest BCUT2D eigenvalue weighted by molar-refractivity contribution is 0.624. The van der Waals surface area contributed by atoms with E-state index in [1.165, 1.54) is 22.3 Å². The van der Waals surface area contributed by atoms with E-state index in [1.54, 1.807) is 0 Å². The van der Waals surface area contributed by atoms with Gasteiger partial charge in [0, 0.05) is 23.8 Å². The van der Waals surface area contributed by atoms with Crippen molar-refractivity contribution in [3.05, 3.63) is 48.0 Å². The summed E-state index contributed by atoms with van der Waals surface area (Å²) in [5.41, 5.74) is 6.12. The van der Waals surface area contributed by atoms with Crippen LogP contribution in [0.25, 0.3) is 22.4 Å². The summed E-state index contributed by atoms with van der Waals surface area (Å²) in [7, 11) is 0. The van der Waals surface area contributed by atoms with E-state index in [0.717, 1.165) is 24.3 Å². The molecule has 2 heterocycles. The van der Waals surface area contributed by atoms with E-state index in [9.17, 15) is 0 Å². The average molecular weight is 277 g/mol. The number of para-hydroxylation sites is 2. The standard InChI is InChI=1S/C18H19N3/c1-12(2)21-17-6-4-3-5-15(17)20-18(21)14-8-7-13-9-10-19-16(13)11-14/h3-8,11-12,19H,9-10H2,1-2H3. The highest BCUT2D eigenvalue weighted by Gasteiger charge is 2.17. The number of benzene rings is 2. The summed E-state index contributed by atoms with van der Waals surface area (Å²) >= 11 is 0. The van der Waals surface area contributed by atoms with E-state index in [-0.39, 0.29) is 0 Å². The first kappa shape index (κ1) is 12.5. The largest absolute Gasteiger partial charge is 0.384 e. The Balaban J connectivity index is 1.95. The second-order valence-corrected chi connectivity index (χ2v) is 5.94. The van der Waals surface area contributed by atoms with Gasteiger partial charge in [0.05, 0.1) is 11.0 Å². The highest BCUT2D eigenvalue weighted by atomic mass is 15.1. The molecule has 4 rings (SSSR count). The first-order valence-electron chi connectivity index (χ1n) is 7.58. The van der Waals surface area contributed by atoms with Crippen molar-refractivity contribution in [3.63, 3.8) is 0 Å². The topological polar surface area (TPSA) is 29.9 Å². The monoisotopic (exact) mass is 277 g/mol. The highest BCUT2D eigenvalue weighted by Crippen LogP contribution is 2.32. The van der Waals surface area contributed by atoms with Crippen LogP contribution in [-0.4, -0.2) is 16.1 Å². The summed E-state index contributed by atoms with van der Waals surface area (Å²) in [6.45, 7) is 5.46. The van der Waals surface area contributed by atoms with Gasteiger partial charge < -0.3 is 9.88 Å². The number of fused-ring (bicyclic) bond motifs is 2. The second-order valence-electron chi connectivity index (χ2n) is 5.94. The molecule has 0 fully saturated rings. The van der Waals surface area contributed by atoms with Gasteiger partial charge in [-0.3, -0.25) is 0 Å². The van der Waals surface area contributed by atoms with Crippen molar-refractivity contribution in [2.45, 2.75) is 26.3 Å². The van der Waals surface area contributed by atoms with E-state index in [4.69, 9.17) is 4.98 Å². The van der Waals surface area contributed by atoms with Gasteiger partial charge in [0.1, 0.15) is 5.82 Å². The summed E-state index contributed by atoms with van der Waals surface area (Å²) in [5, 5.41) is 3.46. The van der Waals surface area contributed by atoms with Gasteiger partial charge >= 0.3 is 0 Å². The summed E-state index contributed by atoms with van der Waals surface area (Å²) in [4.78, 5) is 4.86. The number of hydrogen-bond donors (Lipinski definition) is 1. The fourth-order valence-corrected chi connectivity index (χ4v) is 3.20. The second kappa shape index (κ2) is 4.62. The first-order chi connectivity index (χ1) is 10.2. The molecule has 0 bridgehead atoms. The van der Waals surface area contributed by atoms with Gasteiger partial charge in [-0.2, -0.15) is 0 Å². The van der Waals surface area contributed by atoms with E-state index in [2.05, 4.69) is 60.1 Å². The Kier molecular flexibility index (Phi) is 2.74. The van der Waals surface area contributed by atoms with Crippen LogP contribution in [0.1, 0.15) is 25.5 Å². The Morgan fingerprint density at radius 1 is 1.14 bits per heavy atom. The van der Waals surface area contributed by atoms with Crippen LogP contribution >= 0.6 is 0 Å². The summed E-state index contributed by atoms with van der Waals surface area (Å²) in [6.07, 6.45) is 1.12. The number of imidazole rings is 1. The third-order valence-electron chi connectivity index (χ3n) is 4.19. The molecule has 0 unspecified atom stereocenters. The number of hydrogen-bond acceptors (Lipinski definition) is 2. The molecular formula is C18H19N3. The number of aromatic nitrogens is 2. The predicted octanol–water partition coefficient (Wildman–Crippen LogP) is 4.25. The van der Waals surface area contributed by atoms with Crippen molar-refractivity contribution in [2.24, 2.45) is 0 Å². The fraction of sp³-hybridized carbons (Fsp3) is 0.278. The third-order valence-corrected chi connectivity index (χ3v) is 4.19. The molecule has 3 aromatic rings. The Morgan fingerprint density at radius 2 is 2.00 bits per heavy atom. The summed E-state index contributed by atoms with van der Waals surface area (Å²) in [5.74, 6) is 1.06. The van der Waals surface area contributed by atoms with Gasteiger partial charge in [0.2, 0.25) is 0 Å². The van der Waals surface area contributed by atoms with E-state index in [0.29, 0.717) is 6.04 Å². The lowest BCUT2D eigenvalue weighted by Gasteiger charge is -2.13. The van der Waals surface area contributed by atoms with Gasteiger partial charge in [-0.05, 0) is 44.0 Å². The minimum Gasteiger partial charge on any atom is -0.384 e. The first-order valence-corrected chi connectivity index (χ1v) is 7.58. The van der Waals surface area contributed by atoms with Crippen LogP contribution in [0.15, 0.2) is 42.5 Å². The van der Waals surface area contributed by atoms with Crippen LogP contribution in [0.2, 0.25) is 0 Å². The molecule has 2 aromatic carbocycles. The third kappa shape index (κ3) is 1.92. The zero-order valence-electron chi connectivity index (χ0n) is 12.4. The Hall–Kier alpha value is -2.29. The molecule has 106 valence electrons. The summed E-state index contributed by atoms with van der Waals surface area (Å²) in [6, 6.07) is 15.4. The van der Waals surface area contributed by atoms with Crippen LogP contribution in [0.3, 0.4) is 0 Å². The molecule has 0 aliphatic carbocycles. The molecule has 1 aliphatic rings. The predicted molar refractivity (Wildman–Crippen MR) is 87.7 cm³/mol. The van der Waals surface area contributed by atoms with Gasteiger partial charge in [0.25, 0.3) is 0 Å². The molecule has 1 N–H and O–H groups in total. The zero-order valence-corrected chi connectivity index (χ0v) is 12.4. The molecule has 0 atom stereocenters. The number of nitrogens with zero attached hydrogens (tertiary/aromatic N) is 2. The Labute approximate surface area is 124 Å². The molecule has 0 saturated carbocycles. The van der Waals surface area contributed by atoms with Crippen LogP contribution < -0.4 is 5.32 Å². The van der Waals surface area contributed by atoms with E-state index in [1.807, 2.05) is 6.07 Å². The van der Waals surface area contributed by atoms with Crippen molar-refractivity contribution in [1.29, 1.82) is 0 Å². The van der Waals surface area contributed by atoms with Gasteiger partial charge in [0.15, 0.2) is 0 Å². The van der Waals surface area contributed by atoms with Gasteiger partial charge in [-0.15, -0.1) is 0 Å². The van der Waals surface area contributed by atoms with Crippen molar-refractivity contribution in [2.75, 3.05) is 11.9 Å². The molecule has 3 nitrogen and oxygen atoms in total. The molecular weight excluding hydrogens is 258 g/mol. The van der Waals surface area contributed by atoms with Crippen molar-refractivity contribution in [3.8, 4) is 11.4 Å². The number of rotatable bonds is 2. The normalized spacial score (nSPS) is 13.7. The molecule has 21 heavy (non-hydrogen) atoms. The SMILES string of the molecule is CC(C)n1c(-c2ccc3c(c2)NCC3)nc2ccccc21. The van der Waals surface area contributed by atoms with Gasteiger partial charge in [-0.25, -0.2) is 4.98 Å². The van der Waals surface area contributed by atoms with Crippen LogP contribution in [0.5, 0.6) is 0 Å². The average Bonchev–Trinajstić information content (AvgIpc) is 3.10. The molecule has 0 spiro atoms. The van der Waals surface area contributed by atoms with Crippen LogP contribution in [0, 0.1) is 0 Å². The molecule has 1 aliphatic heterocycles. The van der Waals surface area contributed by atoms with Crippen molar-refractivity contribution < 1.29 is 0 Å². The molecule has 0 radical (unpaired) electrons. The quantitative estimate of drug-likeness (QED) is 0.758. The molecule has 0 saturated heterocycles. The maximum Gasteiger partial charge on any atom is 0.141 e. The fourth-order valence-electron chi connectivity index (χ4n) is 3.20. The van der Waals surface area contributed by atoms with Crippen LogP contribution in [0.4, 0.5) is 5.69 Å². The van der Waals surface area contributed by atoms with E-state index < -0.39 is 0 Å². The maximum atomic E-state index is 4.86. The maximum absolute atomic E-state index is 4.86. The lowest BCUT2D eigenvalue weighted by atomic mass is 10.1. The molecule has 0 amide bonds. The highest BCUT2D eigenvalue weighted by molar-refractivity contribution is 5.81. The zero-order chi connectivity index (χ0) is 14.4. The van der Waals surface area contributed by atoms with E-state index >= 15 is 0 Å². The Bertz CT molecular complexity index is 814. The minimum absolute atomic E-state index is 0.383. The molecule has 3 heteroatoms. The Morgan fingerprint density at radius 3 is 2.86 bits per heavy atom. The minimum atomic E-state index is 0.383. The van der Waals surface area contributed by atoms with Crippen LogP contribution in [-0.2, 0) is 6.42 Å². The lowest BCUT2D eigenvalue weighted by Crippen LogP contribution is -2.03. The van der Waals surface area contributed by atoms with Gasteiger partial charge in [-0.1, -0.05) is 24.3 Å². The van der Waals surface area contributed by atoms with Crippen molar-refractivity contribution in [1.82, 2.24) is 9.55 Å². The number of anilines is 1.